The Morgan fingerprint density at radius 3 is 1.88 bits per heavy atom. The average Bonchev–Trinajstić information content (AvgIpc) is 2.44. The second kappa shape index (κ2) is 10.2. The predicted octanol–water partition coefficient (Wildman–Crippen LogP) is 4.34. The molecule has 0 atom stereocenters. The molecule has 0 aromatic rings. The van der Waals surface area contributed by atoms with Crippen molar-refractivity contribution in [1.82, 2.24) is 5.06 Å². The first-order valence-corrected chi connectivity index (χ1v) is 9.53. The molecule has 0 aliphatic heterocycles. The van der Waals surface area contributed by atoms with Crippen molar-refractivity contribution in [3.8, 4) is 0 Å². The summed E-state index contributed by atoms with van der Waals surface area (Å²) in [6, 6.07) is 0. The van der Waals surface area contributed by atoms with Gasteiger partial charge in [0.25, 0.3) is 0 Å². The highest BCUT2D eigenvalue weighted by molar-refractivity contribution is 5.78. The first-order valence-electron chi connectivity index (χ1n) is 9.53. The highest BCUT2D eigenvalue weighted by Gasteiger charge is 2.36. The molecule has 2 rings (SSSR count). The summed E-state index contributed by atoms with van der Waals surface area (Å²) in [6.07, 6.45) is 8.07. The maximum Gasteiger partial charge on any atom is 0.248 e. The van der Waals surface area contributed by atoms with Gasteiger partial charge in [-0.2, -0.15) is 0 Å². The van der Waals surface area contributed by atoms with E-state index in [-0.39, 0.29) is 11.8 Å². The minimum absolute atomic E-state index is 0.132. The van der Waals surface area contributed by atoms with E-state index in [1.165, 1.54) is 25.0 Å². The van der Waals surface area contributed by atoms with Gasteiger partial charge in [0.15, 0.2) is 0 Å². The molecule has 0 radical (unpaired) electrons. The van der Waals surface area contributed by atoms with Crippen molar-refractivity contribution < 1.29 is 14.4 Å². The number of carbonyl (C=O) groups excluding carboxylic acids is 2. The second-order valence-electron chi connectivity index (χ2n) is 8.55. The summed E-state index contributed by atoms with van der Waals surface area (Å²) < 4.78 is 0. The van der Waals surface area contributed by atoms with E-state index in [9.17, 15) is 9.59 Å². The molecule has 0 aromatic heterocycles. The fraction of sp³-hybridized carbons (Fsp3) is 0.900. The topological polar surface area (TPSA) is 46.6 Å². The van der Waals surface area contributed by atoms with Crippen LogP contribution in [0.1, 0.15) is 66.2 Å². The molecule has 0 unspecified atom stereocenters. The van der Waals surface area contributed by atoms with E-state index in [2.05, 4.69) is 27.7 Å². The van der Waals surface area contributed by atoms with Crippen LogP contribution >= 0.6 is 0 Å². The minimum Gasteiger partial charge on any atom is -0.303 e. The first-order chi connectivity index (χ1) is 11.3. The molecule has 0 spiro atoms. The number of rotatable bonds is 7. The summed E-state index contributed by atoms with van der Waals surface area (Å²) in [5.74, 6) is 3.91. The van der Waals surface area contributed by atoms with Gasteiger partial charge < -0.3 is 4.79 Å². The van der Waals surface area contributed by atoms with E-state index >= 15 is 0 Å². The average molecular weight is 340 g/mol. The number of carbonyl (C=O) groups is 2. The van der Waals surface area contributed by atoms with Gasteiger partial charge in [0.05, 0.1) is 7.11 Å². The number of hydrogen-bond acceptors (Lipinski definition) is 3. The highest BCUT2D eigenvalue weighted by atomic mass is 16.7. The van der Waals surface area contributed by atoms with Crippen molar-refractivity contribution in [3.63, 3.8) is 0 Å². The molecule has 2 fully saturated rings. The lowest BCUT2D eigenvalue weighted by molar-refractivity contribution is -0.178. The Bertz CT molecular complexity index is 382. The predicted molar refractivity (Wildman–Crippen MR) is 97.2 cm³/mol. The van der Waals surface area contributed by atoms with Crippen LogP contribution in [0, 0.1) is 35.5 Å². The number of nitrogens with zero attached hydrogens (tertiary/aromatic N) is 1. The third kappa shape index (κ3) is 6.92. The maximum absolute atomic E-state index is 11.6. The van der Waals surface area contributed by atoms with Crippen LogP contribution in [0.4, 0.5) is 0 Å². The van der Waals surface area contributed by atoms with E-state index in [1.807, 2.05) is 0 Å². The summed E-state index contributed by atoms with van der Waals surface area (Å²) >= 11 is 0. The van der Waals surface area contributed by atoms with Gasteiger partial charge in [0.1, 0.15) is 6.29 Å². The van der Waals surface area contributed by atoms with E-state index in [4.69, 9.17) is 4.84 Å². The van der Waals surface area contributed by atoms with Gasteiger partial charge in [-0.15, -0.1) is 0 Å². The molecule has 0 bridgehead atoms. The lowest BCUT2D eigenvalue weighted by Crippen LogP contribution is -2.39. The molecule has 0 saturated heterocycles. The van der Waals surface area contributed by atoms with Crippen molar-refractivity contribution in [2.45, 2.75) is 66.2 Å². The molecule has 0 N–H and O–H groups in total. The van der Waals surface area contributed by atoms with Gasteiger partial charge in [-0.1, -0.05) is 27.7 Å². The number of aldehydes is 1. The van der Waals surface area contributed by atoms with Crippen LogP contribution in [0.15, 0.2) is 0 Å². The van der Waals surface area contributed by atoms with E-state index in [1.54, 1.807) is 7.05 Å². The number of amides is 1. The minimum atomic E-state index is 0.132. The molecule has 2 saturated carbocycles. The van der Waals surface area contributed by atoms with Crippen LogP contribution < -0.4 is 0 Å². The van der Waals surface area contributed by atoms with E-state index in [0.29, 0.717) is 5.92 Å². The number of hydrogen-bond donors (Lipinski definition) is 0. The van der Waals surface area contributed by atoms with Crippen LogP contribution in [-0.4, -0.2) is 31.4 Å². The smallest absolute Gasteiger partial charge is 0.248 e. The van der Waals surface area contributed by atoms with Crippen LogP contribution in [-0.2, 0) is 14.4 Å². The Hall–Kier alpha value is -0.900. The third-order valence-electron chi connectivity index (χ3n) is 5.24. The van der Waals surface area contributed by atoms with E-state index in [0.717, 1.165) is 55.6 Å². The number of hydroxylamine groups is 2. The molecule has 2 aliphatic carbocycles. The Labute approximate surface area is 148 Å². The van der Waals surface area contributed by atoms with Crippen LogP contribution in [0.3, 0.4) is 0 Å². The maximum atomic E-state index is 11.6. The quantitative estimate of drug-likeness (QED) is 0.512. The van der Waals surface area contributed by atoms with Crippen molar-refractivity contribution in [2.75, 3.05) is 14.2 Å². The fourth-order valence-corrected chi connectivity index (χ4v) is 3.90. The first kappa shape index (κ1) is 21.1. The van der Waals surface area contributed by atoms with Crippen molar-refractivity contribution in [3.05, 3.63) is 0 Å². The van der Waals surface area contributed by atoms with Gasteiger partial charge in [-0.05, 0) is 62.2 Å². The lowest BCUT2D eigenvalue weighted by Gasteiger charge is -2.36. The van der Waals surface area contributed by atoms with Crippen LogP contribution in [0.25, 0.3) is 0 Å². The van der Waals surface area contributed by atoms with Gasteiger partial charge in [-0.25, -0.2) is 5.06 Å². The second-order valence-corrected chi connectivity index (χ2v) is 8.55. The SMILES string of the molecule is CC(C)CC1CC(C=O)C1.CON(C)C(=O)C1CC(CC(C)C)C1. The van der Waals surface area contributed by atoms with Crippen molar-refractivity contribution in [1.29, 1.82) is 0 Å². The Balaban J connectivity index is 0.000000254. The van der Waals surface area contributed by atoms with Crippen molar-refractivity contribution in [2.24, 2.45) is 35.5 Å². The highest BCUT2D eigenvalue weighted by Crippen LogP contribution is 2.38. The molecule has 140 valence electrons. The molecule has 1 amide bonds. The monoisotopic (exact) mass is 339 g/mol. The van der Waals surface area contributed by atoms with Gasteiger partial charge in [0, 0.05) is 18.9 Å². The summed E-state index contributed by atoms with van der Waals surface area (Å²) in [6.45, 7) is 8.95. The summed E-state index contributed by atoms with van der Waals surface area (Å²) in [4.78, 5) is 26.7. The lowest BCUT2D eigenvalue weighted by atomic mass is 9.71. The zero-order valence-corrected chi connectivity index (χ0v) is 16.5. The molecule has 24 heavy (non-hydrogen) atoms. The molecule has 4 heteroatoms. The Morgan fingerprint density at radius 1 is 1.04 bits per heavy atom. The Kier molecular flexibility index (Phi) is 8.96. The molecule has 0 aromatic carbocycles. The zero-order valence-electron chi connectivity index (χ0n) is 16.5. The molecule has 4 nitrogen and oxygen atoms in total. The Morgan fingerprint density at radius 2 is 1.50 bits per heavy atom. The standard InChI is InChI=1S/C11H21NO2.C9H16O/c1-8(2)5-9-6-10(7-9)11(13)12(3)14-4;1-7(2)3-8-4-9(5-8)6-10/h8-10H,5-7H2,1-4H3;6-9H,3-5H2,1-2H3. The van der Waals surface area contributed by atoms with Crippen LogP contribution in [0.2, 0.25) is 0 Å². The summed E-state index contributed by atoms with van der Waals surface area (Å²) in [5.41, 5.74) is 0. The van der Waals surface area contributed by atoms with Gasteiger partial charge >= 0.3 is 0 Å². The summed E-state index contributed by atoms with van der Waals surface area (Å²) in [7, 11) is 3.21. The molecule has 2 aliphatic rings. The largest absolute Gasteiger partial charge is 0.303 e. The van der Waals surface area contributed by atoms with Gasteiger partial charge in [-0.3, -0.25) is 9.63 Å². The van der Waals surface area contributed by atoms with Crippen LogP contribution in [0.5, 0.6) is 0 Å². The third-order valence-corrected chi connectivity index (χ3v) is 5.24. The van der Waals surface area contributed by atoms with Crippen molar-refractivity contribution >= 4 is 12.2 Å². The molecular formula is C20H37NO3. The van der Waals surface area contributed by atoms with Gasteiger partial charge in [0.2, 0.25) is 5.91 Å². The summed E-state index contributed by atoms with van der Waals surface area (Å²) in [5, 5.41) is 1.34. The molecular weight excluding hydrogens is 302 g/mol. The molecule has 0 heterocycles. The zero-order chi connectivity index (χ0) is 18.3. The van der Waals surface area contributed by atoms with E-state index < -0.39 is 0 Å². The normalized spacial score (nSPS) is 28.5. The fourth-order valence-electron chi connectivity index (χ4n) is 3.90.